The van der Waals surface area contributed by atoms with Crippen molar-refractivity contribution < 1.29 is 14.0 Å². The van der Waals surface area contributed by atoms with Crippen molar-refractivity contribution in [3.05, 3.63) is 69.5 Å². The molecule has 0 aliphatic carbocycles. The molecule has 0 spiro atoms. The van der Waals surface area contributed by atoms with E-state index in [0.29, 0.717) is 36.0 Å². The van der Waals surface area contributed by atoms with Crippen LogP contribution in [0.15, 0.2) is 42.5 Å². The molecule has 27 heavy (non-hydrogen) atoms. The van der Waals surface area contributed by atoms with E-state index in [2.05, 4.69) is 10.6 Å². The Morgan fingerprint density at radius 1 is 0.852 bits per heavy atom. The molecule has 2 rings (SSSR count). The lowest BCUT2D eigenvalue weighted by molar-refractivity contribution is -0.122. The molecule has 0 saturated heterocycles. The van der Waals surface area contributed by atoms with Crippen LogP contribution in [0.2, 0.25) is 10.0 Å². The average Bonchev–Trinajstić information content (AvgIpc) is 2.64. The number of carbonyl (C=O) groups excluding carboxylic acids is 2. The molecule has 2 aromatic carbocycles. The van der Waals surface area contributed by atoms with Crippen molar-refractivity contribution in [2.24, 2.45) is 0 Å². The molecule has 0 aliphatic heterocycles. The first-order chi connectivity index (χ1) is 12.9. The number of hydrogen-bond acceptors (Lipinski definition) is 2. The van der Waals surface area contributed by atoms with E-state index >= 15 is 0 Å². The summed E-state index contributed by atoms with van der Waals surface area (Å²) in [5.41, 5.74) is 1.77. The minimum atomic E-state index is -0.332. The molecule has 4 nitrogen and oxygen atoms in total. The van der Waals surface area contributed by atoms with Gasteiger partial charge in [0.25, 0.3) is 0 Å². The second-order valence-corrected chi connectivity index (χ2v) is 6.92. The molecule has 0 radical (unpaired) electrons. The van der Waals surface area contributed by atoms with Gasteiger partial charge in [0, 0.05) is 19.5 Å². The average molecular weight is 411 g/mol. The van der Waals surface area contributed by atoms with E-state index < -0.39 is 0 Å². The monoisotopic (exact) mass is 410 g/mol. The van der Waals surface area contributed by atoms with Crippen LogP contribution in [-0.4, -0.2) is 24.9 Å². The van der Waals surface area contributed by atoms with E-state index in [1.165, 1.54) is 12.1 Å². The molecule has 0 saturated carbocycles. The molecule has 0 aliphatic rings. The molecule has 0 heterocycles. The Bertz CT molecular complexity index is 782. The lowest BCUT2D eigenvalue weighted by atomic mass is 10.1. The first-order valence-electron chi connectivity index (χ1n) is 8.66. The van der Waals surface area contributed by atoms with E-state index in [0.717, 1.165) is 17.5 Å². The number of carbonyl (C=O) groups is 2. The quantitative estimate of drug-likeness (QED) is 0.615. The Hall–Kier alpha value is -2.11. The van der Waals surface area contributed by atoms with Crippen LogP contribution in [-0.2, 0) is 22.4 Å². The zero-order chi connectivity index (χ0) is 19.6. The first-order valence-corrected chi connectivity index (χ1v) is 9.41. The molecule has 2 amide bonds. The summed E-state index contributed by atoms with van der Waals surface area (Å²) in [5.74, 6) is -0.570. The van der Waals surface area contributed by atoms with Gasteiger partial charge in [0.2, 0.25) is 11.8 Å². The molecule has 0 atom stereocenters. The number of amides is 2. The van der Waals surface area contributed by atoms with Gasteiger partial charge in [0.15, 0.2) is 0 Å². The second kappa shape index (κ2) is 10.9. The number of benzene rings is 2. The molecule has 0 unspecified atom stereocenters. The van der Waals surface area contributed by atoms with E-state index in [9.17, 15) is 14.0 Å². The lowest BCUT2D eigenvalue weighted by Crippen LogP contribution is -2.35. The van der Waals surface area contributed by atoms with Crippen LogP contribution in [0.1, 0.15) is 24.0 Å². The van der Waals surface area contributed by atoms with E-state index in [1.807, 2.05) is 6.07 Å². The highest BCUT2D eigenvalue weighted by atomic mass is 35.5. The highest BCUT2D eigenvalue weighted by molar-refractivity contribution is 6.42. The molecule has 0 aromatic heterocycles. The fourth-order valence-corrected chi connectivity index (χ4v) is 2.81. The van der Waals surface area contributed by atoms with Gasteiger partial charge in [-0.05, 0) is 48.2 Å². The maximum Gasteiger partial charge on any atom is 0.224 e. The fraction of sp³-hybridized carbons (Fsp3) is 0.300. The summed E-state index contributed by atoms with van der Waals surface area (Å²) in [6.07, 6.45) is 2.00. The van der Waals surface area contributed by atoms with Gasteiger partial charge in [0.1, 0.15) is 5.82 Å². The Balaban J connectivity index is 1.56. The van der Waals surface area contributed by atoms with Crippen molar-refractivity contribution in [3.8, 4) is 0 Å². The molecule has 0 bridgehead atoms. The van der Waals surface area contributed by atoms with Crippen LogP contribution in [0.25, 0.3) is 0 Å². The number of hydrogen-bond donors (Lipinski definition) is 2. The van der Waals surface area contributed by atoms with Gasteiger partial charge in [-0.15, -0.1) is 0 Å². The van der Waals surface area contributed by atoms with Crippen molar-refractivity contribution in [2.75, 3.05) is 13.1 Å². The van der Waals surface area contributed by atoms with Crippen LogP contribution in [0.4, 0.5) is 4.39 Å². The van der Waals surface area contributed by atoms with Crippen LogP contribution in [0.5, 0.6) is 0 Å². The summed E-state index contributed by atoms with van der Waals surface area (Å²) >= 11 is 11.8. The predicted molar refractivity (Wildman–Crippen MR) is 106 cm³/mol. The third-order valence-corrected chi connectivity index (χ3v) is 4.64. The Labute approximate surface area is 168 Å². The summed E-state index contributed by atoms with van der Waals surface area (Å²) < 4.78 is 12.8. The van der Waals surface area contributed by atoms with Crippen molar-refractivity contribution >= 4 is 35.0 Å². The van der Waals surface area contributed by atoms with Crippen LogP contribution in [0, 0.1) is 5.82 Å². The lowest BCUT2D eigenvalue weighted by Gasteiger charge is -2.08. The van der Waals surface area contributed by atoms with Crippen molar-refractivity contribution in [1.82, 2.24) is 10.6 Å². The van der Waals surface area contributed by atoms with Crippen LogP contribution < -0.4 is 10.6 Å². The smallest absolute Gasteiger partial charge is 0.224 e. The highest BCUT2D eigenvalue weighted by Gasteiger charge is 2.05. The Morgan fingerprint density at radius 2 is 1.48 bits per heavy atom. The molecule has 2 aromatic rings. The molecule has 0 fully saturated rings. The predicted octanol–water partition coefficient (Wildman–Crippen LogP) is 3.93. The van der Waals surface area contributed by atoms with Crippen LogP contribution >= 0.6 is 23.2 Å². The van der Waals surface area contributed by atoms with E-state index in [1.54, 1.807) is 24.3 Å². The molecular weight excluding hydrogens is 390 g/mol. The van der Waals surface area contributed by atoms with Gasteiger partial charge in [-0.3, -0.25) is 9.59 Å². The zero-order valence-corrected chi connectivity index (χ0v) is 16.2. The van der Waals surface area contributed by atoms with Gasteiger partial charge < -0.3 is 10.6 Å². The fourth-order valence-electron chi connectivity index (χ4n) is 2.49. The Morgan fingerprint density at radius 3 is 2.15 bits per heavy atom. The van der Waals surface area contributed by atoms with Crippen LogP contribution in [0.3, 0.4) is 0 Å². The summed E-state index contributed by atoms with van der Waals surface area (Å²) in [6, 6.07) is 11.2. The van der Waals surface area contributed by atoms with Gasteiger partial charge in [-0.2, -0.15) is 0 Å². The highest BCUT2D eigenvalue weighted by Crippen LogP contribution is 2.23. The Kier molecular flexibility index (Phi) is 8.55. The van der Waals surface area contributed by atoms with E-state index in [4.69, 9.17) is 23.2 Å². The third-order valence-electron chi connectivity index (χ3n) is 3.90. The largest absolute Gasteiger partial charge is 0.354 e. The number of aryl methyl sites for hydroxylation is 1. The molecule has 7 heteroatoms. The normalized spacial score (nSPS) is 10.5. The summed E-state index contributed by atoms with van der Waals surface area (Å²) in [6.45, 7) is 0.708. The number of halogens is 3. The standard InChI is InChI=1S/C20H21Cl2FN2O2/c21-17-9-6-14(12-18(17)22)2-1-3-19(26)24-10-11-25-20(27)13-15-4-7-16(23)8-5-15/h4-9,12H,1-3,10-11,13H2,(H,24,26)(H,25,27). The van der Waals surface area contributed by atoms with Crippen molar-refractivity contribution in [3.63, 3.8) is 0 Å². The minimum Gasteiger partial charge on any atom is -0.354 e. The van der Waals surface area contributed by atoms with Gasteiger partial charge in [-0.25, -0.2) is 4.39 Å². The van der Waals surface area contributed by atoms with E-state index in [-0.39, 0.29) is 24.1 Å². The topological polar surface area (TPSA) is 58.2 Å². The maximum atomic E-state index is 12.8. The summed E-state index contributed by atoms with van der Waals surface area (Å²) in [7, 11) is 0. The van der Waals surface area contributed by atoms with Crippen molar-refractivity contribution in [2.45, 2.75) is 25.7 Å². The summed E-state index contributed by atoms with van der Waals surface area (Å²) in [4.78, 5) is 23.6. The minimum absolute atomic E-state index is 0.0668. The summed E-state index contributed by atoms with van der Waals surface area (Å²) in [5, 5.41) is 6.51. The second-order valence-electron chi connectivity index (χ2n) is 6.11. The number of rotatable bonds is 9. The molecule has 144 valence electrons. The molecular formula is C20H21Cl2FN2O2. The van der Waals surface area contributed by atoms with Gasteiger partial charge >= 0.3 is 0 Å². The zero-order valence-electron chi connectivity index (χ0n) is 14.7. The molecule has 2 N–H and O–H groups in total. The SMILES string of the molecule is O=C(CCCc1ccc(Cl)c(Cl)c1)NCCNC(=O)Cc1ccc(F)cc1. The van der Waals surface area contributed by atoms with Gasteiger partial charge in [-0.1, -0.05) is 41.4 Å². The number of nitrogens with one attached hydrogen (secondary N) is 2. The first kappa shape index (κ1) is 21.2. The van der Waals surface area contributed by atoms with Gasteiger partial charge in [0.05, 0.1) is 16.5 Å². The van der Waals surface area contributed by atoms with Crippen molar-refractivity contribution in [1.29, 1.82) is 0 Å². The third kappa shape index (κ3) is 7.97. The maximum absolute atomic E-state index is 12.8.